The summed E-state index contributed by atoms with van der Waals surface area (Å²) in [4.78, 5) is 11.5. The molecule has 0 aliphatic rings. The van der Waals surface area contributed by atoms with Gasteiger partial charge in [-0.05, 0) is 12.1 Å². The Morgan fingerprint density at radius 1 is 1.43 bits per heavy atom. The predicted octanol–water partition coefficient (Wildman–Crippen LogP) is 2.48. The van der Waals surface area contributed by atoms with E-state index in [-0.39, 0.29) is 6.03 Å². The van der Waals surface area contributed by atoms with E-state index in [9.17, 15) is 4.79 Å². The van der Waals surface area contributed by atoms with Crippen molar-refractivity contribution in [2.24, 2.45) is 0 Å². The van der Waals surface area contributed by atoms with Gasteiger partial charge in [-0.1, -0.05) is 29.8 Å². The third kappa shape index (κ3) is 1.26. The van der Waals surface area contributed by atoms with E-state index in [1.54, 1.807) is 13.1 Å². The number of rotatable bonds is 0. The van der Waals surface area contributed by atoms with Crippen LogP contribution < -0.4 is 5.32 Å². The monoisotopic (exact) mass is 208 g/mol. The molecule has 2 aromatic rings. The van der Waals surface area contributed by atoms with Gasteiger partial charge in [0.1, 0.15) is 5.15 Å². The van der Waals surface area contributed by atoms with Gasteiger partial charge in [-0.15, -0.1) is 0 Å². The van der Waals surface area contributed by atoms with Gasteiger partial charge in [0.25, 0.3) is 0 Å². The molecule has 0 spiro atoms. The number of nitrogens with zero attached hydrogens (tertiary/aromatic N) is 1. The normalized spacial score (nSPS) is 10.4. The fourth-order valence-electron chi connectivity index (χ4n) is 1.44. The van der Waals surface area contributed by atoms with Crippen LogP contribution >= 0.6 is 11.6 Å². The summed E-state index contributed by atoms with van der Waals surface area (Å²) in [5.74, 6) is 0. The zero-order valence-corrected chi connectivity index (χ0v) is 8.38. The van der Waals surface area contributed by atoms with Gasteiger partial charge in [-0.25, -0.2) is 4.79 Å². The zero-order valence-electron chi connectivity index (χ0n) is 7.62. The first kappa shape index (κ1) is 9.09. The van der Waals surface area contributed by atoms with Crippen molar-refractivity contribution in [1.82, 2.24) is 9.88 Å². The Morgan fingerprint density at radius 2 is 2.14 bits per heavy atom. The Kier molecular flexibility index (Phi) is 2.17. The Hall–Kier alpha value is -1.48. The van der Waals surface area contributed by atoms with E-state index in [1.165, 1.54) is 4.57 Å². The molecule has 0 bridgehead atoms. The Morgan fingerprint density at radius 3 is 2.86 bits per heavy atom. The van der Waals surface area contributed by atoms with E-state index in [1.807, 2.05) is 24.3 Å². The van der Waals surface area contributed by atoms with E-state index >= 15 is 0 Å². The number of halogens is 1. The minimum atomic E-state index is -0.226. The molecule has 0 radical (unpaired) electrons. The maximum absolute atomic E-state index is 11.5. The lowest BCUT2D eigenvalue weighted by Gasteiger charge is -2.03. The van der Waals surface area contributed by atoms with Gasteiger partial charge < -0.3 is 5.32 Å². The molecule has 3 nitrogen and oxygen atoms in total. The molecule has 72 valence electrons. The zero-order chi connectivity index (χ0) is 10.1. The highest BCUT2D eigenvalue weighted by atomic mass is 35.5. The van der Waals surface area contributed by atoms with Crippen LogP contribution in [0, 0.1) is 0 Å². The number of fused-ring (bicyclic) bond motifs is 1. The number of hydrogen-bond donors (Lipinski definition) is 1. The summed E-state index contributed by atoms with van der Waals surface area (Å²) in [7, 11) is 1.58. The quantitative estimate of drug-likeness (QED) is 0.709. The van der Waals surface area contributed by atoms with Crippen LogP contribution in [0.1, 0.15) is 0 Å². The summed E-state index contributed by atoms with van der Waals surface area (Å²) < 4.78 is 1.44. The molecule has 14 heavy (non-hydrogen) atoms. The van der Waals surface area contributed by atoms with Crippen molar-refractivity contribution in [1.29, 1.82) is 0 Å². The first-order valence-electron chi connectivity index (χ1n) is 4.22. The number of carbonyl (C=O) groups is 1. The van der Waals surface area contributed by atoms with Crippen molar-refractivity contribution in [3.05, 3.63) is 35.5 Å². The van der Waals surface area contributed by atoms with Crippen molar-refractivity contribution in [2.75, 3.05) is 7.05 Å². The standard InChI is InChI=1S/C10H9ClN2O/c1-12-10(14)13-8-5-3-2-4-7(8)6-9(13)11/h2-6H,1H3,(H,12,14). The lowest BCUT2D eigenvalue weighted by atomic mass is 10.2. The van der Waals surface area contributed by atoms with Crippen LogP contribution in [-0.2, 0) is 0 Å². The Bertz CT molecular complexity index is 490. The van der Waals surface area contributed by atoms with Gasteiger partial charge in [-0.2, -0.15) is 0 Å². The molecule has 1 amide bonds. The maximum Gasteiger partial charge on any atom is 0.326 e. The first-order valence-corrected chi connectivity index (χ1v) is 4.60. The summed E-state index contributed by atoms with van der Waals surface area (Å²) in [6.07, 6.45) is 0. The van der Waals surface area contributed by atoms with Gasteiger partial charge >= 0.3 is 6.03 Å². The molecule has 0 saturated carbocycles. The molecule has 4 heteroatoms. The minimum absolute atomic E-state index is 0.226. The van der Waals surface area contributed by atoms with Gasteiger partial charge in [0.05, 0.1) is 5.52 Å². The van der Waals surface area contributed by atoms with Crippen LogP contribution in [0.4, 0.5) is 4.79 Å². The molecule has 0 unspecified atom stereocenters. The van der Waals surface area contributed by atoms with E-state index in [2.05, 4.69) is 5.32 Å². The fraction of sp³-hybridized carbons (Fsp3) is 0.100. The summed E-state index contributed by atoms with van der Waals surface area (Å²) in [6, 6.07) is 9.10. The van der Waals surface area contributed by atoms with Crippen LogP contribution in [0.5, 0.6) is 0 Å². The number of benzene rings is 1. The second-order valence-corrected chi connectivity index (χ2v) is 3.30. The van der Waals surface area contributed by atoms with Crippen LogP contribution in [0.3, 0.4) is 0 Å². The second-order valence-electron chi connectivity index (χ2n) is 2.92. The fourth-order valence-corrected chi connectivity index (χ4v) is 1.72. The number of hydrogen-bond acceptors (Lipinski definition) is 1. The Balaban J connectivity index is 2.74. The number of amides is 1. The molecule has 2 rings (SSSR count). The summed E-state index contributed by atoms with van der Waals surface area (Å²) in [5, 5.41) is 3.92. The van der Waals surface area contributed by atoms with Crippen LogP contribution in [0.15, 0.2) is 30.3 Å². The molecule has 1 N–H and O–H groups in total. The van der Waals surface area contributed by atoms with E-state index < -0.39 is 0 Å². The summed E-state index contributed by atoms with van der Waals surface area (Å²) in [6.45, 7) is 0. The third-order valence-electron chi connectivity index (χ3n) is 2.08. The highest BCUT2D eigenvalue weighted by molar-refractivity contribution is 6.32. The minimum Gasteiger partial charge on any atom is -0.340 e. The van der Waals surface area contributed by atoms with Crippen LogP contribution in [-0.4, -0.2) is 17.6 Å². The molecular formula is C10H9ClN2O. The van der Waals surface area contributed by atoms with Crippen molar-refractivity contribution in [3.8, 4) is 0 Å². The predicted molar refractivity (Wildman–Crippen MR) is 56.8 cm³/mol. The maximum atomic E-state index is 11.5. The molecule has 1 aromatic heterocycles. The van der Waals surface area contributed by atoms with Gasteiger partial charge in [0.2, 0.25) is 0 Å². The molecule has 0 fully saturated rings. The number of nitrogens with one attached hydrogen (secondary N) is 1. The molecular weight excluding hydrogens is 200 g/mol. The second kappa shape index (κ2) is 3.35. The summed E-state index contributed by atoms with van der Waals surface area (Å²) >= 11 is 5.94. The SMILES string of the molecule is CNC(=O)n1c(Cl)cc2ccccc21. The molecule has 0 aliphatic heterocycles. The van der Waals surface area contributed by atoms with Gasteiger partial charge in [0.15, 0.2) is 0 Å². The third-order valence-corrected chi connectivity index (χ3v) is 2.36. The number of aromatic nitrogens is 1. The molecule has 1 heterocycles. The summed E-state index contributed by atoms with van der Waals surface area (Å²) in [5.41, 5.74) is 0.817. The molecule has 0 atom stereocenters. The first-order chi connectivity index (χ1) is 6.74. The lowest BCUT2D eigenvalue weighted by Crippen LogP contribution is -2.24. The largest absolute Gasteiger partial charge is 0.340 e. The highest BCUT2D eigenvalue weighted by Gasteiger charge is 2.11. The Labute approximate surface area is 86.3 Å². The van der Waals surface area contributed by atoms with Gasteiger partial charge in [0, 0.05) is 12.4 Å². The highest BCUT2D eigenvalue weighted by Crippen LogP contribution is 2.22. The average Bonchev–Trinajstić information content (AvgIpc) is 2.53. The van der Waals surface area contributed by atoms with Crippen molar-refractivity contribution < 1.29 is 4.79 Å². The van der Waals surface area contributed by atoms with E-state index in [0.29, 0.717) is 5.15 Å². The van der Waals surface area contributed by atoms with Crippen molar-refractivity contribution in [3.63, 3.8) is 0 Å². The number of para-hydroxylation sites is 1. The smallest absolute Gasteiger partial charge is 0.326 e. The lowest BCUT2D eigenvalue weighted by molar-refractivity contribution is 0.245. The van der Waals surface area contributed by atoms with E-state index in [4.69, 9.17) is 11.6 Å². The van der Waals surface area contributed by atoms with Crippen LogP contribution in [0.2, 0.25) is 5.15 Å². The number of carbonyl (C=O) groups excluding carboxylic acids is 1. The van der Waals surface area contributed by atoms with Gasteiger partial charge in [-0.3, -0.25) is 4.57 Å². The van der Waals surface area contributed by atoms with Crippen LogP contribution in [0.25, 0.3) is 10.9 Å². The van der Waals surface area contributed by atoms with E-state index in [0.717, 1.165) is 10.9 Å². The van der Waals surface area contributed by atoms with Crippen molar-refractivity contribution in [2.45, 2.75) is 0 Å². The molecule has 0 saturated heterocycles. The molecule has 1 aromatic carbocycles. The average molecular weight is 209 g/mol. The topological polar surface area (TPSA) is 34.0 Å². The van der Waals surface area contributed by atoms with Crippen molar-refractivity contribution >= 4 is 28.5 Å². The molecule has 0 aliphatic carbocycles.